The van der Waals surface area contributed by atoms with E-state index in [-0.39, 0.29) is 35.7 Å². The van der Waals surface area contributed by atoms with E-state index in [1.54, 1.807) is 42.5 Å². The second kappa shape index (κ2) is 9.98. The third kappa shape index (κ3) is 5.06. The van der Waals surface area contributed by atoms with Gasteiger partial charge in [0.05, 0.1) is 29.2 Å². The molecular formula is C26H25Cl2F3N2O3. The van der Waals surface area contributed by atoms with Gasteiger partial charge in [-0.25, -0.2) is 0 Å². The van der Waals surface area contributed by atoms with Gasteiger partial charge in [0.2, 0.25) is 0 Å². The van der Waals surface area contributed by atoms with Gasteiger partial charge in [-0.1, -0.05) is 23.2 Å². The zero-order valence-electron chi connectivity index (χ0n) is 20.0. The number of carbonyl (C=O) groups excluding carboxylic acids is 2. The van der Waals surface area contributed by atoms with Crippen LogP contribution in [0.5, 0.6) is 0 Å². The van der Waals surface area contributed by atoms with Gasteiger partial charge in [0.25, 0.3) is 5.91 Å². The molecule has 1 amide bonds. The Bertz CT molecular complexity index is 1340. The van der Waals surface area contributed by atoms with Crippen LogP contribution in [0.3, 0.4) is 0 Å². The number of likely N-dealkylation sites (tertiary alicyclic amines) is 1. The Morgan fingerprint density at radius 2 is 1.83 bits per heavy atom. The second-order valence-electron chi connectivity index (χ2n) is 9.07. The van der Waals surface area contributed by atoms with Crippen LogP contribution in [0.1, 0.15) is 46.1 Å². The molecule has 0 N–H and O–H groups in total. The van der Waals surface area contributed by atoms with Crippen LogP contribution in [0.25, 0.3) is 10.9 Å². The van der Waals surface area contributed by atoms with Gasteiger partial charge in [0.1, 0.15) is 0 Å². The van der Waals surface area contributed by atoms with Crippen LogP contribution >= 0.6 is 23.2 Å². The van der Waals surface area contributed by atoms with Crippen LogP contribution in [-0.2, 0) is 29.2 Å². The normalized spacial score (nSPS) is 14.3. The molecule has 1 aromatic heterocycles. The van der Waals surface area contributed by atoms with Crippen molar-refractivity contribution in [3.8, 4) is 0 Å². The Morgan fingerprint density at radius 1 is 1.14 bits per heavy atom. The van der Waals surface area contributed by atoms with Crippen molar-refractivity contribution >= 4 is 46.0 Å². The topological polar surface area (TPSA) is 51.5 Å². The Morgan fingerprint density at radius 3 is 2.47 bits per heavy atom. The minimum atomic E-state index is -4.45. The lowest BCUT2D eigenvalue weighted by Crippen LogP contribution is -2.50. The van der Waals surface area contributed by atoms with E-state index in [0.29, 0.717) is 58.0 Å². The van der Waals surface area contributed by atoms with Crippen LogP contribution in [0, 0.1) is 12.8 Å². The Labute approximate surface area is 216 Å². The summed E-state index contributed by atoms with van der Waals surface area (Å²) in [7, 11) is 1.69. The maximum atomic E-state index is 13.3. The van der Waals surface area contributed by atoms with Gasteiger partial charge >= 0.3 is 12.1 Å². The monoisotopic (exact) mass is 540 g/mol. The van der Waals surface area contributed by atoms with Crippen LogP contribution in [-0.4, -0.2) is 41.0 Å². The van der Waals surface area contributed by atoms with Gasteiger partial charge in [0, 0.05) is 54.1 Å². The molecule has 0 radical (unpaired) electrons. The molecule has 36 heavy (non-hydrogen) atoms. The fourth-order valence-electron chi connectivity index (χ4n) is 4.59. The van der Waals surface area contributed by atoms with Gasteiger partial charge < -0.3 is 14.2 Å². The number of benzene rings is 2. The van der Waals surface area contributed by atoms with E-state index in [0.717, 1.165) is 12.1 Å². The lowest BCUT2D eigenvalue weighted by atomic mass is 9.95. The smallest absolute Gasteiger partial charge is 0.416 e. The summed E-state index contributed by atoms with van der Waals surface area (Å²) in [5, 5.41) is 1.27. The Hall–Kier alpha value is -2.71. The fourth-order valence-corrected chi connectivity index (χ4v) is 5.18. The molecule has 4 rings (SSSR count). The number of rotatable bonds is 6. The number of aromatic nitrogens is 1. The van der Waals surface area contributed by atoms with E-state index >= 15 is 0 Å². The number of aryl methyl sites for hydroxylation is 2. The number of alkyl halides is 3. The van der Waals surface area contributed by atoms with Crippen molar-refractivity contribution < 1.29 is 27.5 Å². The molecule has 10 heteroatoms. The molecular weight excluding hydrogens is 516 g/mol. The molecule has 0 aliphatic carbocycles. The molecule has 0 unspecified atom stereocenters. The van der Waals surface area contributed by atoms with Crippen LogP contribution < -0.4 is 0 Å². The molecule has 0 saturated carbocycles. The molecule has 1 aliphatic heterocycles. The first-order valence-corrected chi connectivity index (χ1v) is 12.2. The molecule has 5 nitrogen and oxygen atoms in total. The van der Waals surface area contributed by atoms with Crippen molar-refractivity contribution in [1.29, 1.82) is 0 Å². The molecule has 1 fully saturated rings. The number of fused-ring (bicyclic) bond motifs is 1. The lowest BCUT2D eigenvalue weighted by molar-refractivity contribution is -0.145. The molecule has 1 aliphatic rings. The Kier molecular flexibility index (Phi) is 7.30. The molecule has 1 saturated heterocycles. The quantitative estimate of drug-likeness (QED) is 0.338. The van der Waals surface area contributed by atoms with Crippen molar-refractivity contribution in [3.05, 3.63) is 68.3 Å². The lowest BCUT2D eigenvalue weighted by Gasteiger charge is -2.39. The highest BCUT2D eigenvalue weighted by Crippen LogP contribution is 2.36. The van der Waals surface area contributed by atoms with E-state index < -0.39 is 11.7 Å². The summed E-state index contributed by atoms with van der Waals surface area (Å²) in [5.41, 5.74) is 1.77. The van der Waals surface area contributed by atoms with Crippen molar-refractivity contribution in [2.45, 2.75) is 32.9 Å². The highest BCUT2D eigenvalue weighted by molar-refractivity contribution is 6.38. The van der Waals surface area contributed by atoms with Gasteiger partial charge in [-0.15, -0.1) is 0 Å². The van der Waals surface area contributed by atoms with Crippen LogP contribution in [0.15, 0.2) is 30.3 Å². The first kappa shape index (κ1) is 26.4. The predicted molar refractivity (Wildman–Crippen MR) is 133 cm³/mol. The predicted octanol–water partition coefficient (Wildman–Crippen LogP) is 6.43. The third-order valence-corrected chi connectivity index (χ3v) is 7.36. The first-order chi connectivity index (χ1) is 16.9. The van der Waals surface area contributed by atoms with E-state index in [4.69, 9.17) is 27.9 Å². The van der Waals surface area contributed by atoms with Gasteiger partial charge in [-0.2, -0.15) is 13.2 Å². The van der Waals surface area contributed by atoms with Gasteiger partial charge in [-0.05, 0) is 55.3 Å². The summed E-state index contributed by atoms with van der Waals surface area (Å²) >= 11 is 13.1. The molecule has 0 atom stereocenters. The van der Waals surface area contributed by atoms with E-state index in [1.807, 2.05) is 6.07 Å². The first-order valence-electron chi connectivity index (χ1n) is 11.5. The summed E-state index contributed by atoms with van der Waals surface area (Å²) in [4.78, 5) is 26.4. The zero-order valence-corrected chi connectivity index (χ0v) is 21.5. The number of esters is 1. The minimum absolute atomic E-state index is 0.0409. The van der Waals surface area contributed by atoms with Crippen LogP contribution in [0.4, 0.5) is 13.2 Å². The number of ether oxygens (including phenoxy) is 1. The number of nitrogens with zero attached hydrogens (tertiary/aromatic N) is 2. The minimum Gasteiger partial charge on any atom is -0.466 e. The third-order valence-electron chi connectivity index (χ3n) is 6.57. The highest BCUT2D eigenvalue weighted by atomic mass is 35.5. The SMILES string of the molecule is CCOC(=O)CC1CN(C(=O)c2ccc(Cl)c(Cc3cc4c(C)cc(C(F)(F)F)cc4n3C)c2Cl)C1. The Balaban J connectivity index is 1.58. The van der Waals surface area contributed by atoms with Gasteiger partial charge in [0.15, 0.2) is 0 Å². The molecule has 0 spiro atoms. The highest BCUT2D eigenvalue weighted by Gasteiger charge is 2.34. The maximum absolute atomic E-state index is 13.3. The number of carbonyl (C=O) groups is 2. The average molecular weight is 541 g/mol. The number of hydrogen-bond acceptors (Lipinski definition) is 3. The summed E-state index contributed by atoms with van der Waals surface area (Å²) in [6.45, 7) is 4.56. The summed E-state index contributed by atoms with van der Waals surface area (Å²) < 4.78 is 46.6. The van der Waals surface area contributed by atoms with Crippen molar-refractivity contribution in [2.75, 3.05) is 19.7 Å². The average Bonchev–Trinajstić information content (AvgIpc) is 3.09. The summed E-state index contributed by atoms with van der Waals surface area (Å²) in [6, 6.07) is 7.25. The summed E-state index contributed by atoms with van der Waals surface area (Å²) in [6.07, 6.45) is -3.96. The van der Waals surface area contributed by atoms with E-state index in [1.165, 1.54) is 0 Å². The van der Waals surface area contributed by atoms with Crippen molar-refractivity contribution in [2.24, 2.45) is 13.0 Å². The summed E-state index contributed by atoms with van der Waals surface area (Å²) in [5.74, 6) is -0.506. The zero-order chi connectivity index (χ0) is 26.4. The fraction of sp³-hybridized carbons (Fsp3) is 0.385. The number of hydrogen-bond donors (Lipinski definition) is 0. The molecule has 3 aromatic rings. The number of halogens is 5. The van der Waals surface area contributed by atoms with E-state index in [9.17, 15) is 22.8 Å². The molecule has 0 bridgehead atoms. The molecule has 2 aromatic carbocycles. The maximum Gasteiger partial charge on any atom is 0.416 e. The number of amides is 1. The van der Waals surface area contributed by atoms with Crippen molar-refractivity contribution in [1.82, 2.24) is 9.47 Å². The van der Waals surface area contributed by atoms with Gasteiger partial charge in [-0.3, -0.25) is 9.59 Å². The molecule has 192 valence electrons. The standard InChI is InChI=1S/C26H25Cl2F3N2O3/c1-4-36-23(34)8-15-12-33(13-15)25(35)18-5-6-21(27)20(24(18)28)11-17-10-19-14(2)7-16(26(29,30)31)9-22(19)32(17)3/h5-7,9-10,15H,4,8,11-13H2,1-3H3. The van der Waals surface area contributed by atoms with Crippen molar-refractivity contribution in [3.63, 3.8) is 0 Å². The molecule has 2 heterocycles. The second-order valence-corrected chi connectivity index (χ2v) is 9.85. The van der Waals surface area contributed by atoms with E-state index in [2.05, 4.69) is 0 Å². The largest absolute Gasteiger partial charge is 0.466 e. The van der Waals surface area contributed by atoms with Crippen LogP contribution in [0.2, 0.25) is 10.0 Å².